The highest BCUT2D eigenvalue weighted by atomic mass is 16.5. The van der Waals surface area contributed by atoms with Gasteiger partial charge in [0.2, 0.25) is 0 Å². The Morgan fingerprint density at radius 2 is 1.56 bits per heavy atom. The second-order valence-electron chi connectivity index (χ2n) is 15.0. The van der Waals surface area contributed by atoms with Crippen molar-refractivity contribution in [3.63, 3.8) is 0 Å². The molecule has 5 atom stereocenters. The third-order valence-corrected chi connectivity index (χ3v) is 11.6. The minimum atomic E-state index is -1.35. The van der Waals surface area contributed by atoms with Crippen molar-refractivity contribution in [1.82, 2.24) is 0 Å². The fraction of sp³-hybridized carbons (Fsp3) is 0.512. The Morgan fingerprint density at radius 3 is 2.21 bits per heavy atom. The summed E-state index contributed by atoms with van der Waals surface area (Å²) >= 11 is 0. The van der Waals surface area contributed by atoms with E-state index in [2.05, 4.69) is 26.0 Å². The van der Waals surface area contributed by atoms with Gasteiger partial charge in [-0.25, -0.2) is 0 Å². The summed E-state index contributed by atoms with van der Waals surface area (Å²) in [6, 6.07) is 7.41. The molecular weight excluding hydrogens is 660 g/mol. The largest absolute Gasteiger partial charge is 0.511 e. The van der Waals surface area contributed by atoms with Crippen LogP contribution in [0.2, 0.25) is 0 Å². The number of aliphatic hydroxyl groups is 3. The van der Waals surface area contributed by atoms with Crippen LogP contribution in [-0.2, 0) is 14.4 Å². The zero-order chi connectivity index (χ0) is 37.3. The summed E-state index contributed by atoms with van der Waals surface area (Å²) in [6.45, 7) is 8.42. The van der Waals surface area contributed by atoms with Crippen LogP contribution in [0.1, 0.15) is 132 Å². The lowest BCUT2D eigenvalue weighted by Crippen LogP contribution is -2.52. The number of rotatable bonds is 12. The third kappa shape index (κ3) is 6.80. The summed E-state index contributed by atoms with van der Waals surface area (Å²) in [7, 11) is 0. The van der Waals surface area contributed by atoms with Gasteiger partial charge in [0, 0.05) is 35.0 Å². The van der Waals surface area contributed by atoms with Crippen molar-refractivity contribution in [2.24, 2.45) is 17.8 Å². The summed E-state index contributed by atoms with van der Waals surface area (Å²) in [5.41, 5.74) is 2.75. The van der Waals surface area contributed by atoms with E-state index in [9.17, 15) is 34.8 Å². The summed E-state index contributed by atoms with van der Waals surface area (Å²) in [6.07, 6.45) is 12.0. The number of carbonyl (C=O) groups excluding carboxylic acids is 3. The first-order valence-electron chi connectivity index (χ1n) is 19.1. The number of ether oxygens (including phenoxy) is 2. The summed E-state index contributed by atoms with van der Waals surface area (Å²) in [5, 5.41) is 45.6. The number of phenols is 1. The molecule has 2 aromatic rings. The van der Waals surface area contributed by atoms with Crippen molar-refractivity contribution in [2.45, 2.75) is 110 Å². The van der Waals surface area contributed by atoms with Crippen molar-refractivity contribution < 1.29 is 44.3 Å². The molecule has 9 heteroatoms. The van der Waals surface area contributed by atoms with E-state index < -0.39 is 64.2 Å². The van der Waals surface area contributed by atoms with Gasteiger partial charge in [-0.3, -0.25) is 14.4 Å². The number of unbranched alkanes of at least 4 members (excludes halogenated alkanes) is 2. The van der Waals surface area contributed by atoms with Crippen LogP contribution in [0, 0.1) is 17.8 Å². The Hall–Kier alpha value is -4.37. The van der Waals surface area contributed by atoms with Gasteiger partial charge >= 0.3 is 0 Å². The molecule has 2 aromatic carbocycles. The van der Waals surface area contributed by atoms with Gasteiger partial charge in [-0.2, -0.15) is 0 Å². The van der Waals surface area contributed by atoms with E-state index in [1.165, 1.54) is 30.9 Å². The zero-order valence-electron chi connectivity index (χ0n) is 30.7. The second kappa shape index (κ2) is 15.7. The van der Waals surface area contributed by atoms with Crippen LogP contribution in [0.4, 0.5) is 0 Å². The summed E-state index contributed by atoms with van der Waals surface area (Å²) in [4.78, 5) is 39.2. The SMILES string of the molecule is CCCCOc1cc(C2CCCCC2)c(OCCCC)cc1C=Cc1ccc(O)c2c1C(C)[C@@H]1C(=C2O)C(=O)C2C(O)=C(C(C)=O)C(=O)C[C@@H]2[C@H]1O. The lowest BCUT2D eigenvalue weighted by molar-refractivity contribution is -0.133. The molecule has 2 fully saturated rings. The molecule has 9 nitrogen and oxygen atoms in total. The number of fused-ring (bicyclic) bond motifs is 3. The van der Waals surface area contributed by atoms with Crippen molar-refractivity contribution >= 4 is 35.3 Å². The molecular formula is C43H52O9. The minimum absolute atomic E-state index is 0.0812. The molecule has 52 heavy (non-hydrogen) atoms. The van der Waals surface area contributed by atoms with Crippen molar-refractivity contribution in [1.29, 1.82) is 0 Å². The molecule has 0 spiro atoms. The quantitative estimate of drug-likeness (QED) is 0.0965. The molecule has 0 aliphatic heterocycles. The van der Waals surface area contributed by atoms with Crippen LogP contribution in [0.25, 0.3) is 17.9 Å². The van der Waals surface area contributed by atoms with E-state index >= 15 is 0 Å². The van der Waals surface area contributed by atoms with Gasteiger partial charge < -0.3 is 29.9 Å². The number of aliphatic hydroxyl groups excluding tert-OH is 3. The lowest BCUT2D eigenvalue weighted by Gasteiger charge is -2.47. The number of carbonyl (C=O) groups is 3. The van der Waals surface area contributed by atoms with Gasteiger partial charge in [0.15, 0.2) is 17.3 Å². The van der Waals surface area contributed by atoms with Crippen LogP contribution in [-0.4, -0.2) is 57.1 Å². The molecule has 278 valence electrons. The molecule has 4 N–H and O–H groups in total. The first-order valence-corrected chi connectivity index (χ1v) is 19.1. The van der Waals surface area contributed by atoms with Crippen LogP contribution in [0.15, 0.2) is 41.2 Å². The second-order valence-corrected chi connectivity index (χ2v) is 15.0. The maximum absolute atomic E-state index is 14.0. The topological polar surface area (TPSA) is 151 Å². The van der Waals surface area contributed by atoms with E-state index in [0.717, 1.165) is 62.5 Å². The van der Waals surface area contributed by atoms with Gasteiger partial charge in [-0.15, -0.1) is 0 Å². The van der Waals surface area contributed by atoms with Crippen molar-refractivity contribution in [3.05, 3.63) is 69.0 Å². The minimum Gasteiger partial charge on any atom is -0.511 e. The standard InChI is InChI=1S/C43H52O9/c1-5-7-18-51-32-22-28(25-12-10-9-11-13-25)33(52-19-8-6-2)20-27(32)15-14-26-16-17-30(45)38-34(26)23(3)35-39(43(38)50)42(49)37-29(40(35)47)21-31(46)36(24(4)44)41(37)48/h14-17,20,22-23,25,29,35,37,40,45,47-48,50H,5-13,18-19,21H2,1-4H3/t23?,29-,35+,37?,40+/m0/s1. The lowest BCUT2D eigenvalue weighted by atomic mass is 9.57. The first-order chi connectivity index (χ1) is 25.0. The molecule has 2 saturated carbocycles. The van der Waals surface area contributed by atoms with Crippen LogP contribution in [0.3, 0.4) is 0 Å². The number of allylic oxidation sites excluding steroid dienone is 2. The predicted octanol–water partition coefficient (Wildman–Crippen LogP) is 8.52. The molecule has 0 radical (unpaired) electrons. The van der Waals surface area contributed by atoms with Gasteiger partial charge in [0.25, 0.3) is 0 Å². The maximum atomic E-state index is 14.0. The number of hydrogen-bond donors (Lipinski definition) is 4. The molecule has 4 aliphatic rings. The average Bonchev–Trinajstić information content (AvgIpc) is 3.12. The molecule has 0 amide bonds. The van der Waals surface area contributed by atoms with Crippen LogP contribution >= 0.6 is 0 Å². The van der Waals surface area contributed by atoms with Gasteiger partial charge in [-0.05, 0) is 73.8 Å². The normalized spacial score (nSPS) is 24.9. The van der Waals surface area contributed by atoms with Crippen LogP contribution in [0.5, 0.6) is 17.2 Å². The van der Waals surface area contributed by atoms with Gasteiger partial charge in [-0.1, -0.05) is 71.1 Å². The smallest absolute Gasteiger partial charge is 0.173 e. The summed E-state index contributed by atoms with van der Waals surface area (Å²) < 4.78 is 12.8. The number of phenolic OH excluding ortho intramolecular Hbond substituents is 1. The van der Waals surface area contributed by atoms with E-state index in [-0.39, 0.29) is 23.3 Å². The molecule has 4 aliphatic carbocycles. The molecule has 0 heterocycles. The Labute approximate surface area is 306 Å². The Morgan fingerprint density at radius 1 is 0.904 bits per heavy atom. The third-order valence-electron chi connectivity index (χ3n) is 11.6. The number of ketones is 3. The van der Waals surface area contributed by atoms with Crippen molar-refractivity contribution in [2.75, 3.05) is 13.2 Å². The number of benzene rings is 2. The fourth-order valence-electron chi connectivity index (χ4n) is 8.90. The van der Waals surface area contributed by atoms with E-state index in [1.807, 2.05) is 19.1 Å². The molecule has 0 bridgehead atoms. The summed E-state index contributed by atoms with van der Waals surface area (Å²) in [5.74, 6) is -5.12. The van der Waals surface area contributed by atoms with Crippen molar-refractivity contribution in [3.8, 4) is 17.2 Å². The number of hydrogen-bond acceptors (Lipinski definition) is 9. The van der Waals surface area contributed by atoms with E-state index in [4.69, 9.17) is 9.47 Å². The average molecular weight is 713 g/mol. The predicted molar refractivity (Wildman–Crippen MR) is 200 cm³/mol. The highest BCUT2D eigenvalue weighted by Crippen LogP contribution is 2.55. The first kappa shape index (κ1) is 37.4. The maximum Gasteiger partial charge on any atom is 0.173 e. The molecule has 2 unspecified atom stereocenters. The highest BCUT2D eigenvalue weighted by molar-refractivity contribution is 6.22. The molecule has 0 aromatic heterocycles. The van der Waals surface area contributed by atoms with E-state index in [1.54, 1.807) is 6.07 Å². The van der Waals surface area contributed by atoms with Gasteiger partial charge in [0.1, 0.15) is 28.8 Å². The molecule has 6 rings (SSSR count). The number of Topliss-reactive ketones (excluding diaryl/α,β-unsaturated/α-hetero) is 3. The van der Waals surface area contributed by atoms with Crippen LogP contribution < -0.4 is 9.47 Å². The monoisotopic (exact) mass is 712 g/mol. The molecule has 0 saturated heterocycles. The zero-order valence-corrected chi connectivity index (χ0v) is 30.7. The Balaban J connectivity index is 1.44. The fourth-order valence-corrected chi connectivity index (χ4v) is 8.90. The van der Waals surface area contributed by atoms with E-state index in [0.29, 0.717) is 30.3 Å². The number of aromatic hydroxyl groups is 1. The highest BCUT2D eigenvalue weighted by Gasteiger charge is 2.56. The Kier molecular flexibility index (Phi) is 11.3. The Bertz CT molecular complexity index is 1830. The van der Waals surface area contributed by atoms with Gasteiger partial charge in [0.05, 0.1) is 36.4 Å².